The summed E-state index contributed by atoms with van der Waals surface area (Å²) in [5.74, 6) is -0.0485. The number of piperidine rings is 1. The molecule has 0 spiro atoms. The van der Waals surface area contributed by atoms with E-state index >= 15 is 0 Å². The summed E-state index contributed by atoms with van der Waals surface area (Å²) in [6, 6.07) is 4.04. The molecule has 0 saturated carbocycles. The van der Waals surface area contributed by atoms with Gasteiger partial charge >= 0.3 is 0 Å². The molecule has 4 nitrogen and oxygen atoms in total. The van der Waals surface area contributed by atoms with Crippen molar-refractivity contribution in [2.75, 3.05) is 20.1 Å². The van der Waals surface area contributed by atoms with Gasteiger partial charge < -0.3 is 10.2 Å². The second-order valence-electron chi connectivity index (χ2n) is 5.15. The third kappa shape index (κ3) is 4.60. The number of carbonyl (C=O) groups is 1. The van der Waals surface area contributed by atoms with Crippen LogP contribution in [0.2, 0.25) is 0 Å². The summed E-state index contributed by atoms with van der Waals surface area (Å²) in [7, 11) is 2.11. The number of aromatic nitrogens is 1. The minimum absolute atomic E-state index is 0.0485. The van der Waals surface area contributed by atoms with Crippen LogP contribution in [0.4, 0.5) is 0 Å². The highest BCUT2D eigenvalue weighted by atomic mass is 16.1. The topological polar surface area (TPSA) is 45.2 Å². The molecule has 0 bridgehead atoms. The van der Waals surface area contributed by atoms with Crippen molar-refractivity contribution in [1.29, 1.82) is 0 Å². The van der Waals surface area contributed by atoms with Gasteiger partial charge in [0, 0.05) is 11.7 Å². The molecule has 1 N–H and O–H groups in total. The maximum Gasteiger partial charge on any atom is 0.270 e. The Labute approximate surface area is 122 Å². The lowest BCUT2D eigenvalue weighted by molar-refractivity contribution is 0.0911. The molecule has 1 aromatic rings. The molecule has 112 valence electrons. The van der Waals surface area contributed by atoms with Crippen LogP contribution in [0.1, 0.15) is 48.4 Å². The van der Waals surface area contributed by atoms with Crippen LogP contribution in [0.5, 0.6) is 0 Å². The molecule has 1 amide bonds. The number of aryl methyl sites for hydroxylation is 2. The first-order chi connectivity index (χ1) is 9.56. The molecule has 2 heterocycles. The Bertz CT molecular complexity index is 437. The number of hydrogen-bond donors (Lipinski definition) is 1. The average Bonchev–Trinajstić information content (AvgIpc) is 2.46. The number of amides is 1. The Morgan fingerprint density at radius 3 is 2.40 bits per heavy atom. The third-order valence-electron chi connectivity index (χ3n) is 3.64. The van der Waals surface area contributed by atoms with E-state index in [0.29, 0.717) is 5.69 Å². The second kappa shape index (κ2) is 8.00. The first kappa shape index (κ1) is 16.6. The van der Waals surface area contributed by atoms with E-state index in [1.54, 1.807) is 6.07 Å². The number of carbonyl (C=O) groups excluding carboxylic acids is 1. The van der Waals surface area contributed by atoms with Gasteiger partial charge in [0.15, 0.2) is 0 Å². The molecule has 0 aliphatic carbocycles. The zero-order valence-corrected chi connectivity index (χ0v) is 13.4. The van der Waals surface area contributed by atoms with E-state index in [9.17, 15) is 4.79 Å². The SMILES string of the molecule is CC.Cc1ccc(C(=O)NC2CCN(C)CC2)nc1C. The molecule has 2 rings (SSSR count). The lowest BCUT2D eigenvalue weighted by Crippen LogP contribution is -2.43. The summed E-state index contributed by atoms with van der Waals surface area (Å²) in [6.07, 6.45) is 2.04. The van der Waals surface area contributed by atoms with Crippen LogP contribution in [-0.4, -0.2) is 42.0 Å². The average molecular weight is 277 g/mol. The van der Waals surface area contributed by atoms with Gasteiger partial charge in [-0.25, -0.2) is 4.98 Å². The Kier molecular flexibility index (Phi) is 6.65. The fourth-order valence-electron chi connectivity index (χ4n) is 2.17. The standard InChI is InChI=1S/C14H21N3O.C2H6/c1-10-4-5-13(15-11(10)2)14(18)16-12-6-8-17(3)9-7-12;1-2/h4-5,12H,6-9H2,1-3H3,(H,16,18);1-2H3. The van der Waals surface area contributed by atoms with Crippen LogP contribution in [-0.2, 0) is 0 Å². The van der Waals surface area contributed by atoms with E-state index < -0.39 is 0 Å². The first-order valence-electron chi connectivity index (χ1n) is 7.50. The van der Waals surface area contributed by atoms with E-state index in [2.05, 4.69) is 22.2 Å². The molecule has 0 aromatic carbocycles. The van der Waals surface area contributed by atoms with Crippen LogP contribution >= 0.6 is 0 Å². The van der Waals surface area contributed by atoms with E-state index in [1.165, 1.54) is 0 Å². The smallest absolute Gasteiger partial charge is 0.270 e. The van der Waals surface area contributed by atoms with Crippen LogP contribution in [0, 0.1) is 13.8 Å². The molecule has 20 heavy (non-hydrogen) atoms. The highest BCUT2D eigenvalue weighted by molar-refractivity contribution is 5.92. The van der Waals surface area contributed by atoms with Crippen molar-refractivity contribution in [3.63, 3.8) is 0 Å². The summed E-state index contributed by atoms with van der Waals surface area (Å²) < 4.78 is 0. The molecule has 1 fully saturated rings. The zero-order chi connectivity index (χ0) is 15.1. The first-order valence-corrected chi connectivity index (χ1v) is 7.50. The summed E-state index contributed by atoms with van der Waals surface area (Å²) in [5.41, 5.74) is 2.56. The summed E-state index contributed by atoms with van der Waals surface area (Å²) >= 11 is 0. The normalized spacial score (nSPS) is 16.2. The zero-order valence-electron chi connectivity index (χ0n) is 13.4. The van der Waals surface area contributed by atoms with Gasteiger partial charge in [-0.15, -0.1) is 0 Å². The predicted molar refractivity (Wildman–Crippen MR) is 83.0 cm³/mol. The van der Waals surface area contributed by atoms with Crippen LogP contribution in [0.25, 0.3) is 0 Å². The molecule has 0 atom stereocenters. The van der Waals surface area contributed by atoms with Gasteiger partial charge in [-0.05, 0) is 58.5 Å². The van der Waals surface area contributed by atoms with E-state index in [-0.39, 0.29) is 11.9 Å². The maximum atomic E-state index is 12.1. The molecule has 0 radical (unpaired) electrons. The summed E-state index contributed by atoms with van der Waals surface area (Å²) in [6.45, 7) is 10.0. The molecule has 4 heteroatoms. The molecule has 1 aliphatic heterocycles. The molecule has 0 unspecified atom stereocenters. The van der Waals surface area contributed by atoms with Gasteiger partial charge in [-0.1, -0.05) is 19.9 Å². The van der Waals surface area contributed by atoms with E-state index in [0.717, 1.165) is 37.2 Å². The summed E-state index contributed by atoms with van der Waals surface area (Å²) in [4.78, 5) is 18.7. The highest BCUT2D eigenvalue weighted by Crippen LogP contribution is 2.10. The van der Waals surface area contributed by atoms with Gasteiger partial charge in [0.25, 0.3) is 5.91 Å². The van der Waals surface area contributed by atoms with Crippen LogP contribution in [0.3, 0.4) is 0 Å². The lowest BCUT2D eigenvalue weighted by Gasteiger charge is -2.29. The largest absolute Gasteiger partial charge is 0.348 e. The molecule has 1 aliphatic rings. The number of likely N-dealkylation sites (tertiary alicyclic amines) is 1. The van der Waals surface area contributed by atoms with Crippen molar-refractivity contribution < 1.29 is 4.79 Å². The monoisotopic (exact) mass is 277 g/mol. The minimum Gasteiger partial charge on any atom is -0.348 e. The Morgan fingerprint density at radius 1 is 1.25 bits per heavy atom. The Morgan fingerprint density at radius 2 is 1.85 bits per heavy atom. The fraction of sp³-hybridized carbons (Fsp3) is 0.625. The highest BCUT2D eigenvalue weighted by Gasteiger charge is 2.19. The third-order valence-corrected chi connectivity index (χ3v) is 3.64. The van der Waals surface area contributed by atoms with Crippen molar-refractivity contribution in [2.24, 2.45) is 0 Å². The summed E-state index contributed by atoms with van der Waals surface area (Å²) in [5, 5.41) is 3.07. The van der Waals surface area contributed by atoms with Crippen molar-refractivity contribution in [3.8, 4) is 0 Å². The number of pyridine rings is 1. The molecular formula is C16H27N3O. The molecule has 1 saturated heterocycles. The Balaban J connectivity index is 0.000000956. The van der Waals surface area contributed by atoms with E-state index in [4.69, 9.17) is 0 Å². The number of nitrogens with zero attached hydrogens (tertiary/aromatic N) is 2. The van der Waals surface area contributed by atoms with Crippen molar-refractivity contribution in [1.82, 2.24) is 15.2 Å². The van der Waals surface area contributed by atoms with Gasteiger partial charge in [-0.2, -0.15) is 0 Å². The Hall–Kier alpha value is -1.42. The fourth-order valence-corrected chi connectivity index (χ4v) is 2.17. The van der Waals surface area contributed by atoms with Crippen LogP contribution < -0.4 is 5.32 Å². The number of nitrogens with one attached hydrogen (secondary N) is 1. The van der Waals surface area contributed by atoms with Gasteiger partial charge in [-0.3, -0.25) is 4.79 Å². The van der Waals surface area contributed by atoms with Crippen molar-refractivity contribution in [2.45, 2.75) is 46.6 Å². The quantitative estimate of drug-likeness (QED) is 0.903. The van der Waals surface area contributed by atoms with Gasteiger partial charge in [0.2, 0.25) is 0 Å². The van der Waals surface area contributed by atoms with Crippen molar-refractivity contribution >= 4 is 5.91 Å². The maximum absolute atomic E-state index is 12.1. The van der Waals surface area contributed by atoms with Gasteiger partial charge in [0.1, 0.15) is 5.69 Å². The number of rotatable bonds is 2. The minimum atomic E-state index is -0.0485. The van der Waals surface area contributed by atoms with Crippen LogP contribution in [0.15, 0.2) is 12.1 Å². The second-order valence-corrected chi connectivity index (χ2v) is 5.15. The van der Waals surface area contributed by atoms with Crippen molar-refractivity contribution in [3.05, 3.63) is 29.1 Å². The lowest BCUT2D eigenvalue weighted by atomic mass is 10.1. The predicted octanol–water partition coefficient (Wildman–Crippen LogP) is 2.55. The van der Waals surface area contributed by atoms with E-state index in [1.807, 2.05) is 33.8 Å². The molecular weight excluding hydrogens is 250 g/mol. The van der Waals surface area contributed by atoms with Gasteiger partial charge in [0.05, 0.1) is 0 Å². The molecule has 1 aromatic heterocycles. The number of hydrogen-bond acceptors (Lipinski definition) is 3.